The molecule has 0 aliphatic rings. The number of methoxy groups -OCH3 is 2. The molecule has 0 aliphatic carbocycles. The van der Waals surface area contributed by atoms with E-state index in [1.54, 1.807) is 14.2 Å². The third-order valence-electron chi connectivity index (χ3n) is 3.48. The molecule has 6 heteroatoms. The number of benzene rings is 1. The topological polar surface area (TPSA) is 73.0 Å². The van der Waals surface area contributed by atoms with Gasteiger partial charge in [0.15, 0.2) is 17.2 Å². The molecule has 0 radical (unpaired) electrons. The summed E-state index contributed by atoms with van der Waals surface area (Å²) in [6, 6.07) is 7.96. The normalized spacial score (nSPS) is 10.3. The zero-order valence-electron chi connectivity index (χ0n) is 13.2. The maximum atomic E-state index is 9.15. The molecule has 0 N–H and O–H groups in total. The van der Waals surface area contributed by atoms with Gasteiger partial charge in [0.25, 0.3) is 0 Å². The molecular formula is C16H20N4O2. The lowest BCUT2D eigenvalue weighted by Crippen LogP contribution is -2.07. The van der Waals surface area contributed by atoms with Crippen molar-refractivity contribution in [3.05, 3.63) is 35.2 Å². The smallest absolute Gasteiger partial charge is 0.185 e. The Kier molecular flexibility index (Phi) is 5.37. The molecule has 0 atom stereocenters. The molecule has 0 unspecified atom stereocenters. The van der Waals surface area contributed by atoms with Crippen LogP contribution in [0.5, 0.6) is 11.5 Å². The highest BCUT2D eigenvalue weighted by atomic mass is 16.5. The summed E-state index contributed by atoms with van der Waals surface area (Å²) >= 11 is 0. The Balaban J connectivity index is 2.16. The second-order valence-electron chi connectivity index (χ2n) is 4.91. The zero-order valence-corrected chi connectivity index (χ0v) is 13.2. The van der Waals surface area contributed by atoms with E-state index in [-0.39, 0.29) is 0 Å². The molecule has 2 aromatic rings. The Morgan fingerprint density at radius 1 is 1.18 bits per heavy atom. The van der Waals surface area contributed by atoms with E-state index >= 15 is 0 Å². The molecule has 0 amide bonds. The summed E-state index contributed by atoms with van der Waals surface area (Å²) in [5, 5.41) is 17.1. The van der Waals surface area contributed by atoms with Crippen molar-refractivity contribution in [2.24, 2.45) is 0 Å². The molecule has 0 aliphatic heterocycles. The third kappa shape index (κ3) is 3.37. The van der Waals surface area contributed by atoms with E-state index in [1.165, 1.54) is 0 Å². The molecule has 0 bridgehead atoms. The summed E-state index contributed by atoms with van der Waals surface area (Å²) in [6.45, 7) is 2.85. The van der Waals surface area contributed by atoms with Crippen LogP contribution in [-0.2, 0) is 19.4 Å². The molecule has 0 fully saturated rings. The summed E-state index contributed by atoms with van der Waals surface area (Å²) in [4.78, 5) is 0. The fourth-order valence-corrected chi connectivity index (χ4v) is 2.36. The van der Waals surface area contributed by atoms with Gasteiger partial charge in [-0.2, -0.15) is 5.26 Å². The number of rotatable bonds is 7. The van der Waals surface area contributed by atoms with E-state index in [4.69, 9.17) is 14.7 Å². The molecule has 1 heterocycles. The van der Waals surface area contributed by atoms with E-state index in [2.05, 4.69) is 23.3 Å². The third-order valence-corrected chi connectivity index (χ3v) is 3.48. The fourth-order valence-electron chi connectivity index (χ4n) is 2.36. The fraction of sp³-hybridized carbons (Fsp3) is 0.438. The van der Waals surface area contributed by atoms with Gasteiger partial charge >= 0.3 is 0 Å². The zero-order chi connectivity index (χ0) is 15.9. The van der Waals surface area contributed by atoms with Crippen molar-refractivity contribution < 1.29 is 9.47 Å². The number of aryl methyl sites for hydroxylation is 2. The predicted molar refractivity (Wildman–Crippen MR) is 82.0 cm³/mol. The first-order valence-corrected chi connectivity index (χ1v) is 7.26. The summed E-state index contributed by atoms with van der Waals surface area (Å²) in [5.74, 6) is 1.42. The number of nitriles is 1. The van der Waals surface area contributed by atoms with Crippen LogP contribution in [0.1, 0.15) is 30.3 Å². The minimum absolute atomic E-state index is 0.411. The molecule has 116 valence electrons. The van der Waals surface area contributed by atoms with Crippen molar-refractivity contribution in [2.45, 2.75) is 32.7 Å². The van der Waals surface area contributed by atoms with E-state index in [0.29, 0.717) is 23.6 Å². The quantitative estimate of drug-likeness (QED) is 0.785. The Morgan fingerprint density at radius 3 is 2.59 bits per heavy atom. The molecule has 0 spiro atoms. The average molecular weight is 300 g/mol. The number of nitrogens with zero attached hydrogens (tertiary/aromatic N) is 4. The summed E-state index contributed by atoms with van der Waals surface area (Å²) < 4.78 is 12.4. The van der Waals surface area contributed by atoms with Crippen LogP contribution in [0.15, 0.2) is 18.2 Å². The number of hydrogen-bond donors (Lipinski definition) is 0. The van der Waals surface area contributed by atoms with Gasteiger partial charge in [-0.05, 0) is 37.0 Å². The molecule has 6 nitrogen and oxygen atoms in total. The van der Waals surface area contributed by atoms with Gasteiger partial charge in [-0.1, -0.05) is 18.2 Å². The largest absolute Gasteiger partial charge is 0.493 e. The minimum atomic E-state index is 0.411. The van der Waals surface area contributed by atoms with Crippen molar-refractivity contribution in [3.63, 3.8) is 0 Å². The van der Waals surface area contributed by atoms with Gasteiger partial charge in [0, 0.05) is 6.54 Å². The van der Waals surface area contributed by atoms with Crippen LogP contribution in [0.4, 0.5) is 0 Å². The van der Waals surface area contributed by atoms with E-state index in [0.717, 1.165) is 30.6 Å². The van der Waals surface area contributed by atoms with Gasteiger partial charge in [-0.25, -0.2) is 4.68 Å². The summed E-state index contributed by atoms with van der Waals surface area (Å²) in [5.41, 5.74) is 2.42. The Morgan fingerprint density at radius 2 is 1.95 bits per heavy atom. The Hall–Kier alpha value is -2.55. The molecule has 2 rings (SSSR count). The van der Waals surface area contributed by atoms with Gasteiger partial charge in [-0.3, -0.25) is 0 Å². The van der Waals surface area contributed by atoms with Crippen molar-refractivity contribution in [2.75, 3.05) is 14.2 Å². The predicted octanol–water partition coefficient (Wildman–Crippen LogP) is 2.36. The monoisotopic (exact) mass is 300 g/mol. The Bertz CT molecular complexity index is 673. The van der Waals surface area contributed by atoms with Crippen molar-refractivity contribution >= 4 is 0 Å². The Labute approximate surface area is 130 Å². The minimum Gasteiger partial charge on any atom is -0.493 e. The van der Waals surface area contributed by atoms with Crippen molar-refractivity contribution in [3.8, 4) is 17.6 Å². The average Bonchev–Trinajstić information content (AvgIpc) is 2.94. The van der Waals surface area contributed by atoms with Crippen LogP contribution >= 0.6 is 0 Å². The van der Waals surface area contributed by atoms with Gasteiger partial charge in [-0.15, -0.1) is 5.10 Å². The summed E-state index contributed by atoms with van der Waals surface area (Å²) in [6.07, 6.45) is 2.45. The molecular weight excluding hydrogens is 280 g/mol. The highest BCUT2D eigenvalue weighted by Crippen LogP contribution is 2.28. The molecule has 1 aromatic carbocycles. The van der Waals surface area contributed by atoms with Crippen LogP contribution in [0.25, 0.3) is 0 Å². The summed E-state index contributed by atoms with van der Waals surface area (Å²) in [7, 11) is 3.24. The van der Waals surface area contributed by atoms with Gasteiger partial charge in [0.1, 0.15) is 6.07 Å². The van der Waals surface area contributed by atoms with Gasteiger partial charge < -0.3 is 9.47 Å². The second-order valence-corrected chi connectivity index (χ2v) is 4.91. The first-order valence-electron chi connectivity index (χ1n) is 7.26. The van der Waals surface area contributed by atoms with Crippen molar-refractivity contribution in [1.82, 2.24) is 15.0 Å². The van der Waals surface area contributed by atoms with E-state index in [9.17, 15) is 0 Å². The maximum absolute atomic E-state index is 9.15. The van der Waals surface area contributed by atoms with Crippen LogP contribution < -0.4 is 9.47 Å². The lowest BCUT2D eigenvalue weighted by Gasteiger charge is -2.10. The van der Waals surface area contributed by atoms with Crippen LogP contribution in [-0.4, -0.2) is 29.2 Å². The van der Waals surface area contributed by atoms with Crippen LogP contribution in [0.3, 0.4) is 0 Å². The lowest BCUT2D eigenvalue weighted by atomic mass is 10.1. The first kappa shape index (κ1) is 15.8. The number of ether oxygens (including phenoxy) is 2. The van der Waals surface area contributed by atoms with Crippen LogP contribution in [0, 0.1) is 11.3 Å². The van der Waals surface area contributed by atoms with Crippen molar-refractivity contribution in [1.29, 1.82) is 5.26 Å². The lowest BCUT2D eigenvalue weighted by molar-refractivity contribution is 0.354. The maximum Gasteiger partial charge on any atom is 0.185 e. The molecule has 0 saturated carbocycles. The first-order chi connectivity index (χ1) is 10.7. The number of aromatic nitrogens is 3. The van der Waals surface area contributed by atoms with E-state index < -0.39 is 0 Å². The van der Waals surface area contributed by atoms with Gasteiger partial charge in [0.2, 0.25) is 0 Å². The molecule has 0 saturated heterocycles. The number of hydrogen-bond acceptors (Lipinski definition) is 5. The van der Waals surface area contributed by atoms with Gasteiger partial charge in [0.05, 0.1) is 19.9 Å². The van der Waals surface area contributed by atoms with E-state index in [1.807, 2.05) is 22.9 Å². The SMILES string of the molecule is CCCn1nnc(C#N)c1CCc1ccc(OC)c(OC)c1. The standard InChI is InChI=1S/C16H20N4O2/c1-4-9-20-14(13(11-17)18-19-20)7-5-12-6-8-15(21-2)16(10-12)22-3/h6,8,10H,4-5,7,9H2,1-3H3. The highest BCUT2D eigenvalue weighted by Gasteiger charge is 2.13. The molecule has 1 aromatic heterocycles. The highest BCUT2D eigenvalue weighted by molar-refractivity contribution is 5.43. The van der Waals surface area contributed by atoms with Crippen LogP contribution in [0.2, 0.25) is 0 Å². The molecule has 22 heavy (non-hydrogen) atoms. The second kappa shape index (κ2) is 7.46.